The molecule has 2 N–H and O–H groups in total. The zero-order chi connectivity index (χ0) is 18.4. The number of unbranched alkanes of at least 4 members (excludes halogenated alkanes) is 1. The second kappa shape index (κ2) is 8.56. The number of carbonyl (C=O) groups excluding carboxylic acids is 1. The zero-order valence-electron chi connectivity index (χ0n) is 16.2. The number of benzene rings is 1. The minimum Gasteiger partial charge on any atom is -0.352 e. The molecule has 3 rings (SSSR count). The largest absolute Gasteiger partial charge is 0.352 e. The number of hydrogen-bond donors (Lipinski definition) is 2. The molecule has 2 aliphatic rings. The molecule has 1 amide bonds. The van der Waals surface area contributed by atoms with Gasteiger partial charge in [-0.15, -0.1) is 0 Å². The van der Waals surface area contributed by atoms with Gasteiger partial charge in [0.1, 0.15) is 0 Å². The lowest BCUT2D eigenvalue weighted by Crippen LogP contribution is -2.42. The Labute approximate surface area is 157 Å². The van der Waals surface area contributed by atoms with Crippen LogP contribution in [-0.4, -0.2) is 43.4 Å². The Bertz CT molecular complexity index is 634. The standard InChI is InChI=1S/C21H32N4O/c1-3-4-13-23-19(26)18-8-6-17(7-9-18)15-24-20(22-2)25-14-12-21(16-25)10-5-11-21/h6-9H,3-5,10-16H2,1-2H3,(H,22,24)(H,23,26). The molecule has 1 aliphatic heterocycles. The molecule has 1 heterocycles. The van der Waals surface area contributed by atoms with Crippen molar-refractivity contribution in [1.29, 1.82) is 0 Å². The number of amides is 1. The number of aliphatic imine (C=N–C) groups is 1. The maximum Gasteiger partial charge on any atom is 0.251 e. The van der Waals surface area contributed by atoms with Gasteiger partial charge >= 0.3 is 0 Å². The van der Waals surface area contributed by atoms with E-state index < -0.39 is 0 Å². The Morgan fingerprint density at radius 1 is 1.19 bits per heavy atom. The minimum atomic E-state index is 0.0108. The maximum absolute atomic E-state index is 12.1. The van der Waals surface area contributed by atoms with Crippen LogP contribution in [0, 0.1) is 5.41 Å². The quantitative estimate of drug-likeness (QED) is 0.468. The van der Waals surface area contributed by atoms with Crippen LogP contribution in [0.2, 0.25) is 0 Å². The predicted octanol–water partition coefficient (Wildman–Crippen LogP) is 3.17. The van der Waals surface area contributed by atoms with Crippen molar-refractivity contribution in [2.45, 2.75) is 52.0 Å². The number of nitrogens with zero attached hydrogens (tertiary/aromatic N) is 2. The van der Waals surface area contributed by atoms with Gasteiger partial charge in [-0.2, -0.15) is 0 Å². The summed E-state index contributed by atoms with van der Waals surface area (Å²) in [5, 5.41) is 6.43. The van der Waals surface area contributed by atoms with Gasteiger partial charge in [0.15, 0.2) is 5.96 Å². The third kappa shape index (κ3) is 4.37. The second-order valence-electron chi connectivity index (χ2n) is 7.73. The Morgan fingerprint density at radius 2 is 1.96 bits per heavy atom. The van der Waals surface area contributed by atoms with Crippen LogP contribution in [0.15, 0.2) is 29.3 Å². The van der Waals surface area contributed by atoms with Crippen LogP contribution >= 0.6 is 0 Å². The Hall–Kier alpha value is -2.04. The fraction of sp³-hybridized carbons (Fsp3) is 0.619. The van der Waals surface area contributed by atoms with Crippen LogP contribution in [0.5, 0.6) is 0 Å². The first-order valence-corrected chi connectivity index (χ1v) is 9.98. The first-order valence-electron chi connectivity index (χ1n) is 9.98. The highest BCUT2D eigenvalue weighted by atomic mass is 16.1. The van der Waals surface area contributed by atoms with E-state index in [4.69, 9.17) is 0 Å². The summed E-state index contributed by atoms with van der Waals surface area (Å²) >= 11 is 0. The van der Waals surface area contributed by atoms with Gasteiger partial charge in [0.05, 0.1) is 0 Å². The SMILES string of the molecule is CCCCNC(=O)c1ccc(CNC(=NC)N2CCC3(CCC3)C2)cc1. The van der Waals surface area contributed by atoms with Crippen molar-refractivity contribution in [3.05, 3.63) is 35.4 Å². The van der Waals surface area contributed by atoms with Gasteiger partial charge in [-0.25, -0.2) is 0 Å². The van der Waals surface area contributed by atoms with Gasteiger partial charge in [0.25, 0.3) is 5.91 Å². The van der Waals surface area contributed by atoms with Crippen molar-refractivity contribution in [1.82, 2.24) is 15.5 Å². The number of likely N-dealkylation sites (tertiary alicyclic amines) is 1. The molecule has 1 saturated carbocycles. The first kappa shape index (κ1) is 18.7. The van der Waals surface area contributed by atoms with Crippen molar-refractivity contribution >= 4 is 11.9 Å². The molecular weight excluding hydrogens is 324 g/mol. The third-order valence-electron chi connectivity index (χ3n) is 5.85. The van der Waals surface area contributed by atoms with Crippen molar-refractivity contribution < 1.29 is 4.79 Å². The molecule has 0 radical (unpaired) electrons. The van der Waals surface area contributed by atoms with E-state index in [1.165, 1.54) is 25.7 Å². The average molecular weight is 357 g/mol. The Kier molecular flexibility index (Phi) is 6.17. The van der Waals surface area contributed by atoms with Crippen molar-refractivity contribution in [2.75, 3.05) is 26.7 Å². The number of guanidine groups is 1. The zero-order valence-corrected chi connectivity index (χ0v) is 16.2. The summed E-state index contributed by atoms with van der Waals surface area (Å²) in [6.07, 6.45) is 7.55. The Balaban J connectivity index is 1.48. The van der Waals surface area contributed by atoms with Gasteiger partial charge in [0, 0.05) is 38.8 Å². The van der Waals surface area contributed by atoms with Gasteiger partial charge < -0.3 is 15.5 Å². The molecule has 1 aliphatic carbocycles. The number of hydrogen-bond acceptors (Lipinski definition) is 2. The van der Waals surface area contributed by atoms with Crippen LogP contribution in [0.1, 0.15) is 61.4 Å². The molecule has 5 heteroatoms. The molecule has 0 bridgehead atoms. The lowest BCUT2D eigenvalue weighted by Gasteiger charge is -2.38. The van der Waals surface area contributed by atoms with Crippen molar-refractivity contribution in [2.24, 2.45) is 10.4 Å². The summed E-state index contributed by atoms with van der Waals surface area (Å²) < 4.78 is 0. The van der Waals surface area contributed by atoms with Crippen molar-refractivity contribution in [3.8, 4) is 0 Å². The van der Waals surface area contributed by atoms with Gasteiger partial charge in [0.2, 0.25) is 0 Å². The van der Waals surface area contributed by atoms with E-state index in [1.807, 2.05) is 31.3 Å². The van der Waals surface area contributed by atoms with Crippen LogP contribution in [0.3, 0.4) is 0 Å². The monoisotopic (exact) mass is 356 g/mol. The lowest BCUT2D eigenvalue weighted by molar-refractivity contribution is 0.0953. The van der Waals surface area contributed by atoms with E-state index in [0.29, 0.717) is 5.41 Å². The van der Waals surface area contributed by atoms with E-state index in [-0.39, 0.29) is 5.91 Å². The lowest BCUT2D eigenvalue weighted by atomic mass is 9.68. The second-order valence-corrected chi connectivity index (χ2v) is 7.73. The molecule has 1 spiro atoms. The van der Waals surface area contributed by atoms with Gasteiger partial charge in [-0.1, -0.05) is 31.9 Å². The summed E-state index contributed by atoms with van der Waals surface area (Å²) in [6.45, 7) is 5.84. The molecule has 0 atom stereocenters. The van der Waals surface area contributed by atoms with Crippen LogP contribution in [-0.2, 0) is 6.54 Å². The van der Waals surface area contributed by atoms with Crippen LogP contribution in [0.4, 0.5) is 0 Å². The predicted molar refractivity (Wildman–Crippen MR) is 106 cm³/mol. The topological polar surface area (TPSA) is 56.7 Å². The van der Waals surface area contributed by atoms with E-state index >= 15 is 0 Å². The summed E-state index contributed by atoms with van der Waals surface area (Å²) in [6, 6.07) is 7.85. The van der Waals surface area contributed by atoms with E-state index in [0.717, 1.165) is 56.1 Å². The van der Waals surface area contributed by atoms with E-state index in [1.54, 1.807) is 0 Å². The minimum absolute atomic E-state index is 0.0108. The van der Waals surface area contributed by atoms with Crippen molar-refractivity contribution in [3.63, 3.8) is 0 Å². The summed E-state index contributed by atoms with van der Waals surface area (Å²) in [5.41, 5.74) is 2.46. The van der Waals surface area contributed by atoms with E-state index in [9.17, 15) is 4.79 Å². The fourth-order valence-corrected chi connectivity index (χ4v) is 3.97. The third-order valence-corrected chi connectivity index (χ3v) is 5.85. The van der Waals surface area contributed by atoms with Crippen LogP contribution < -0.4 is 10.6 Å². The van der Waals surface area contributed by atoms with Gasteiger partial charge in [-0.3, -0.25) is 9.79 Å². The highest BCUT2D eigenvalue weighted by Crippen LogP contribution is 2.47. The average Bonchev–Trinajstić information content (AvgIpc) is 3.09. The molecule has 5 nitrogen and oxygen atoms in total. The summed E-state index contributed by atoms with van der Waals surface area (Å²) in [5.74, 6) is 1.01. The molecule has 1 saturated heterocycles. The normalized spacial score (nSPS) is 18.7. The molecule has 26 heavy (non-hydrogen) atoms. The highest BCUT2D eigenvalue weighted by Gasteiger charge is 2.43. The molecule has 1 aromatic carbocycles. The number of rotatable bonds is 6. The van der Waals surface area contributed by atoms with Gasteiger partial charge in [-0.05, 0) is 48.8 Å². The molecule has 0 unspecified atom stereocenters. The number of nitrogens with one attached hydrogen (secondary N) is 2. The fourth-order valence-electron chi connectivity index (χ4n) is 3.97. The first-order chi connectivity index (χ1) is 12.7. The molecule has 1 aromatic rings. The maximum atomic E-state index is 12.1. The molecular formula is C21H32N4O. The molecule has 0 aromatic heterocycles. The summed E-state index contributed by atoms with van der Waals surface area (Å²) in [4.78, 5) is 18.9. The number of carbonyl (C=O) groups is 1. The van der Waals surface area contributed by atoms with Crippen LogP contribution in [0.25, 0.3) is 0 Å². The smallest absolute Gasteiger partial charge is 0.251 e. The van der Waals surface area contributed by atoms with E-state index in [2.05, 4.69) is 27.4 Å². The molecule has 142 valence electrons. The summed E-state index contributed by atoms with van der Waals surface area (Å²) in [7, 11) is 1.86. The highest BCUT2D eigenvalue weighted by molar-refractivity contribution is 5.94. The Morgan fingerprint density at radius 3 is 2.54 bits per heavy atom. The molecule has 2 fully saturated rings.